The fraction of sp³-hybridized carbons (Fsp3) is 0.500. The van der Waals surface area contributed by atoms with Gasteiger partial charge in [-0.15, -0.1) is 12.4 Å². The van der Waals surface area contributed by atoms with E-state index in [1.54, 1.807) is 0 Å². The molecule has 0 bridgehead atoms. The average Bonchev–Trinajstić information content (AvgIpc) is 2.71. The molecule has 15 heavy (non-hydrogen) atoms. The van der Waals surface area contributed by atoms with Crippen LogP contribution in [0.1, 0.15) is 12.0 Å². The van der Waals surface area contributed by atoms with Crippen LogP contribution in [0.3, 0.4) is 0 Å². The number of nitrogens with zero attached hydrogens (tertiary/aromatic N) is 1. The fourth-order valence-corrected chi connectivity index (χ4v) is 3.09. The summed E-state index contributed by atoms with van der Waals surface area (Å²) in [7, 11) is 2.21. The normalized spacial score (nSPS) is 33.3. The molecule has 1 aromatic rings. The Labute approximate surface area is 102 Å². The van der Waals surface area contributed by atoms with E-state index in [9.17, 15) is 0 Å². The first-order chi connectivity index (χ1) is 6.71. The first kappa shape index (κ1) is 11.3. The molecular formula is C12H15Cl2N. The zero-order chi connectivity index (χ0) is 9.76. The van der Waals surface area contributed by atoms with Crippen LogP contribution in [0, 0.1) is 5.92 Å². The predicted molar refractivity (Wildman–Crippen MR) is 66.0 cm³/mol. The molecule has 3 heteroatoms. The lowest BCUT2D eigenvalue weighted by Crippen LogP contribution is -2.22. The Morgan fingerprint density at radius 3 is 2.53 bits per heavy atom. The number of halogens is 2. The van der Waals surface area contributed by atoms with Gasteiger partial charge >= 0.3 is 0 Å². The van der Waals surface area contributed by atoms with Crippen molar-refractivity contribution in [2.45, 2.75) is 11.8 Å². The van der Waals surface area contributed by atoms with Gasteiger partial charge in [0.1, 0.15) is 0 Å². The minimum atomic E-state index is 0. The van der Waals surface area contributed by atoms with Crippen molar-refractivity contribution in [2.24, 2.45) is 5.92 Å². The lowest BCUT2D eigenvalue weighted by Gasteiger charge is -2.16. The highest BCUT2D eigenvalue weighted by atomic mass is 35.5. The van der Waals surface area contributed by atoms with E-state index in [1.165, 1.54) is 25.1 Å². The molecule has 1 aromatic carbocycles. The summed E-state index contributed by atoms with van der Waals surface area (Å²) in [6, 6.07) is 8.42. The summed E-state index contributed by atoms with van der Waals surface area (Å²) in [4.78, 5) is 2.43. The zero-order valence-electron chi connectivity index (χ0n) is 8.74. The maximum absolute atomic E-state index is 5.90. The summed E-state index contributed by atoms with van der Waals surface area (Å²) in [5.74, 6) is 0.897. The monoisotopic (exact) mass is 243 g/mol. The molecule has 1 aliphatic heterocycles. The molecule has 1 saturated heterocycles. The van der Waals surface area contributed by atoms with Gasteiger partial charge in [0.05, 0.1) is 0 Å². The molecule has 2 unspecified atom stereocenters. The number of likely N-dealkylation sites (N-methyl/N-ethyl adjacent to an activating group) is 1. The Bertz CT molecular complexity index is 362. The molecule has 1 heterocycles. The van der Waals surface area contributed by atoms with Gasteiger partial charge < -0.3 is 4.90 Å². The van der Waals surface area contributed by atoms with Gasteiger partial charge in [0, 0.05) is 23.5 Å². The Morgan fingerprint density at radius 2 is 2.00 bits per heavy atom. The number of fused-ring (bicyclic) bond motifs is 1. The maximum atomic E-state index is 5.90. The quantitative estimate of drug-likeness (QED) is 0.734. The molecule has 1 aliphatic carbocycles. The first-order valence-electron chi connectivity index (χ1n) is 5.15. The van der Waals surface area contributed by atoms with E-state index in [0.717, 1.165) is 10.9 Å². The molecule has 0 radical (unpaired) electrons. The number of likely N-dealkylation sites (tertiary alicyclic amines) is 1. The van der Waals surface area contributed by atoms with Crippen LogP contribution in [0.25, 0.3) is 0 Å². The van der Waals surface area contributed by atoms with E-state index >= 15 is 0 Å². The van der Waals surface area contributed by atoms with Crippen molar-refractivity contribution in [3.05, 3.63) is 34.9 Å². The minimum absolute atomic E-state index is 0. The molecule has 0 amide bonds. The predicted octanol–water partition coefficient (Wildman–Crippen LogP) is 2.96. The van der Waals surface area contributed by atoms with Crippen LogP contribution in [-0.4, -0.2) is 25.0 Å². The molecule has 2 fully saturated rings. The maximum Gasteiger partial charge on any atom is 0.0406 e. The number of rotatable bonds is 1. The first-order valence-corrected chi connectivity index (χ1v) is 5.53. The third kappa shape index (κ3) is 1.67. The molecule has 1 nitrogen and oxygen atoms in total. The van der Waals surface area contributed by atoms with Gasteiger partial charge in [0.2, 0.25) is 0 Å². The van der Waals surface area contributed by atoms with Crippen molar-refractivity contribution >= 4 is 24.0 Å². The lowest BCUT2D eigenvalue weighted by atomic mass is 9.95. The van der Waals surface area contributed by atoms with E-state index in [1.807, 2.05) is 12.1 Å². The largest absolute Gasteiger partial charge is 0.305 e. The molecule has 1 saturated carbocycles. The van der Waals surface area contributed by atoms with Gasteiger partial charge in [-0.3, -0.25) is 0 Å². The SMILES string of the molecule is CN1CC2CC2(c2ccc(Cl)cc2)C1.Cl. The van der Waals surface area contributed by atoms with Crippen LogP contribution in [0.15, 0.2) is 24.3 Å². The Kier molecular flexibility index (Phi) is 2.74. The van der Waals surface area contributed by atoms with Gasteiger partial charge in [-0.25, -0.2) is 0 Å². The lowest BCUT2D eigenvalue weighted by molar-refractivity contribution is 0.363. The van der Waals surface area contributed by atoms with Crippen LogP contribution in [-0.2, 0) is 5.41 Å². The highest BCUT2D eigenvalue weighted by Gasteiger charge is 2.59. The van der Waals surface area contributed by atoms with Gasteiger partial charge in [0.25, 0.3) is 0 Å². The smallest absolute Gasteiger partial charge is 0.0406 e. The zero-order valence-corrected chi connectivity index (χ0v) is 10.3. The van der Waals surface area contributed by atoms with Crippen LogP contribution in [0.4, 0.5) is 0 Å². The molecule has 2 aliphatic rings. The molecule has 2 atom stereocenters. The topological polar surface area (TPSA) is 3.24 Å². The van der Waals surface area contributed by atoms with Crippen molar-refractivity contribution in [3.63, 3.8) is 0 Å². The van der Waals surface area contributed by atoms with Crippen molar-refractivity contribution in [1.82, 2.24) is 4.90 Å². The molecular weight excluding hydrogens is 229 g/mol. The van der Waals surface area contributed by atoms with E-state index < -0.39 is 0 Å². The number of piperidine rings is 1. The van der Waals surface area contributed by atoms with Crippen molar-refractivity contribution in [1.29, 1.82) is 0 Å². The second kappa shape index (κ2) is 3.65. The van der Waals surface area contributed by atoms with Crippen LogP contribution in [0.2, 0.25) is 5.02 Å². The Morgan fingerprint density at radius 1 is 1.33 bits per heavy atom. The van der Waals surface area contributed by atoms with Gasteiger partial charge in [0.15, 0.2) is 0 Å². The molecule has 0 spiro atoms. The molecule has 0 aromatic heterocycles. The molecule has 0 N–H and O–H groups in total. The average molecular weight is 244 g/mol. The number of hydrogen-bond donors (Lipinski definition) is 0. The van der Waals surface area contributed by atoms with Gasteiger partial charge in [-0.05, 0) is 37.1 Å². The standard InChI is InChI=1S/C12H14ClN.ClH/c1-14-7-10-6-12(10,8-14)9-2-4-11(13)5-3-9;/h2-5,10H,6-8H2,1H3;1H. The Hall–Kier alpha value is -0.240. The van der Waals surface area contributed by atoms with Gasteiger partial charge in [-0.2, -0.15) is 0 Å². The van der Waals surface area contributed by atoms with Crippen LogP contribution < -0.4 is 0 Å². The second-order valence-corrected chi connectivity index (χ2v) is 5.20. The number of hydrogen-bond acceptors (Lipinski definition) is 1. The summed E-state index contributed by atoms with van der Waals surface area (Å²) in [6.07, 6.45) is 1.37. The van der Waals surface area contributed by atoms with E-state index in [-0.39, 0.29) is 12.4 Å². The second-order valence-electron chi connectivity index (χ2n) is 4.76. The van der Waals surface area contributed by atoms with Gasteiger partial charge in [-0.1, -0.05) is 23.7 Å². The summed E-state index contributed by atoms with van der Waals surface area (Å²) in [6.45, 7) is 2.49. The molecule has 82 valence electrons. The third-order valence-corrected chi connectivity index (χ3v) is 3.99. The summed E-state index contributed by atoms with van der Waals surface area (Å²) >= 11 is 5.90. The molecule has 3 rings (SSSR count). The van der Waals surface area contributed by atoms with Crippen molar-refractivity contribution in [2.75, 3.05) is 20.1 Å². The van der Waals surface area contributed by atoms with Crippen molar-refractivity contribution in [3.8, 4) is 0 Å². The summed E-state index contributed by atoms with van der Waals surface area (Å²) < 4.78 is 0. The fourth-order valence-electron chi connectivity index (χ4n) is 2.96. The van der Waals surface area contributed by atoms with E-state index in [0.29, 0.717) is 5.41 Å². The Balaban J connectivity index is 0.000000853. The van der Waals surface area contributed by atoms with Crippen LogP contribution >= 0.6 is 24.0 Å². The van der Waals surface area contributed by atoms with E-state index in [4.69, 9.17) is 11.6 Å². The third-order valence-electron chi connectivity index (χ3n) is 3.74. The number of benzene rings is 1. The summed E-state index contributed by atoms with van der Waals surface area (Å²) in [5.41, 5.74) is 1.97. The van der Waals surface area contributed by atoms with E-state index in [2.05, 4.69) is 24.1 Å². The van der Waals surface area contributed by atoms with Crippen molar-refractivity contribution < 1.29 is 0 Å². The highest BCUT2D eigenvalue weighted by molar-refractivity contribution is 6.30. The minimum Gasteiger partial charge on any atom is -0.305 e. The van der Waals surface area contributed by atoms with Crippen LogP contribution in [0.5, 0.6) is 0 Å². The highest BCUT2D eigenvalue weighted by Crippen LogP contribution is 2.58. The summed E-state index contributed by atoms with van der Waals surface area (Å²) in [5, 5.41) is 0.841.